The van der Waals surface area contributed by atoms with Gasteiger partial charge < -0.3 is 10.6 Å². The molecule has 1 aliphatic heterocycles. The molecule has 4 heterocycles. The Morgan fingerprint density at radius 3 is 2.78 bits per heavy atom. The summed E-state index contributed by atoms with van der Waals surface area (Å²) in [5.41, 5.74) is 6.48. The van der Waals surface area contributed by atoms with Crippen molar-refractivity contribution in [2.24, 2.45) is 12.8 Å². The van der Waals surface area contributed by atoms with E-state index >= 15 is 0 Å². The third-order valence-corrected chi connectivity index (χ3v) is 5.61. The van der Waals surface area contributed by atoms with E-state index in [4.69, 9.17) is 11.0 Å². The van der Waals surface area contributed by atoms with Gasteiger partial charge in [-0.05, 0) is 31.9 Å². The minimum Gasteiger partial charge on any atom is -0.341 e. The van der Waals surface area contributed by atoms with E-state index in [-0.39, 0.29) is 24.8 Å². The highest BCUT2D eigenvalue weighted by Gasteiger charge is 2.26. The lowest BCUT2D eigenvalue weighted by atomic mass is 10.1. The number of rotatable bonds is 4. The molecule has 0 saturated carbocycles. The van der Waals surface area contributed by atoms with E-state index in [1.54, 1.807) is 36.7 Å². The standard InChI is InChI=1S/C22H24N8O2/c1-3-4-11-29-18-19(26-21(29)28-10-6-7-15(24)13-28)27(2)22(32)30(20(18)31)14-17-9-5-8-16(12-23)25-17/h5,8-9,15H,6-7,10-11,13-14,24H2,1-2H3/t15-/m1/s1. The molecule has 0 spiro atoms. The number of hydrogen-bond acceptors (Lipinski definition) is 7. The number of aromatic nitrogens is 5. The van der Waals surface area contributed by atoms with Crippen molar-refractivity contribution >= 4 is 17.1 Å². The summed E-state index contributed by atoms with van der Waals surface area (Å²) in [5, 5.41) is 9.10. The van der Waals surface area contributed by atoms with Crippen LogP contribution in [-0.4, -0.2) is 42.8 Å². The molecule has 4 rings (SSSR count). The van der Waals surface area contributed by atoms with Crippen molar-refractivity contribution < 1.29 is 0 Å². The second-order valence-corrected chi connectivity index (χ2v) is 7.80. The third-order valence-electron chi connectivity index (χ3n) is 5.61. The van der Waals surface area contributed by atoms with Crippen molar-refractivity contribution in [2.45, 2.75) is 38.9 Å². The van der Waals surface area contributed by atoms with Crippen molar-refractivity contribution in [2.75, 3.05) is 18.0 Å². The van der Waals surface area contributed by atoms with Crippen LogP contribution in [0.5, 0.6) is 0 Å². The Balaban J connectivity index is 1.92. The number of imidazole rings is 1. The normalized spacial score (nSPS) is 15.9. The highest BCUT2D eigenvalue weighted by molar-refractivity contribution is 5.75. The molecule has 1 saturated heterocycles. The Labute approximate surface area is 184 Å². The molecule has 164 valence electrons. The van der Waals surface area contributed by atoms with Crippen LogP contribution in [0, 0.1) is 23.2 Å². The number of pyridine rings is 1. The van der Waals surface area contributed by atoms with Crippen molar-refractivity contribution in [1.29, 1.82) is 5.26 Å². The number of piperidine rings is 1. The molecule has 0 aromatic carbocycles. The molecule has 1 atom stereocenters. The highest BCUT2D eigenvalue weighted by Crippen LogP contribution is 2.22. The summed E-state index contributed by atoms with van der Waals surface area (Å²) in [6, 6.07) is 6.92. The van der Waals surface area contributed by atoms with Gasteiger partial charge in [-0.3, -0.25) is 18.5 Å². The van der Waals surface area contributed by atoms with Gasteiger partial charge >= 0.3 is 5.69 Å². The van der Waals surface area contributed by atoms with Crippen LogP contribution in [0.15, 0.2) is 27.8 Å². The van der Waals surface area contributed by atoms with Crippen LogP contribution in [0.1, 0.15) is 31.2 Å². The Morgan fingerprint density at radius 2 is 2.06 bits per heavy atom. The average Bonchev–Trinajstić information content (AvgIpc) is 3.19. The number of nitrogens with two attached hydrogens (primary N) is 1. The topological polar surface area (TPSA) is 128 Å². The number of hydrogen-bond donors (Lipinski definition) is 1. The summed E-state index contributed by atoms with van der Waals surface area (Å²) in [7, 11) is 1.59. The fourth-order valence-electron chi connectivity index (χ4n) is 4.03. The predicted octanol–water partition coefficient (Wildman–Crippen LogP) is 0.162. The second-order valence-electron chi connectivity index (χ2n) is 7.80. The molecule has 0 bridgehead atoms. The van der Waals surface area contributed by atoms with E-state index < -0.39 is 11.2 Å². The van der Waals surface area contributed by atoms with E-state index in [1.165, 1.54) is 4.57 Å². The summed E-state index contributed by atoms with van der Waals surface area (Å²) < 4.78 is 4.25. The number of nitrogens with zero attached hydrogens (tertiary/aromatic N) is 7. The van der Waals surface area contributed by atoms with Gasteiger partial charge in [0.2, 0.25) is 5.95 Å². The molecule has 10 nitrogen and oxygen atoms in total. The van der Waals surface area contributed by atoms with Gasteiger partial charge in [-0.25, -0.2) is 9.78 Å². The fourth-order valence-corrected chi connectivity index (χ4v) is 4.03. The zero-order valence-corrected chi connectivity index (χ0v) is 18.1. The van der Waals surface area contributed by atoms with Crippen molar-refractivity contribution in [1.82, 2.24) is 23.7 Å². The van der Waals surface area contributed by atoms with Crippen LogP contribution >= 0.6 is 0 Å². The summed E-state index contributed by atoms with van der Waals surface area (Å²) >= 11 is 0. The van der Waals surface area contributed by atoms with Crippen molar-refractivity contribution in [3.05, 3.63) is 50.4 Å². The van der Waals surface area contributed by atoms with Crippen LogP contribution in [-0.2, 0) is 20.1 Å². The molecule has 3 aromatic rings. The molecule has 0 unspecified atom stereocenters. The van der Waals surface area contributed by atoms with Gasteiger partial charge in [0, 0.05) is 26.2 Å². The van der Waals surface area contributed by atoms with E-state index in [9.17, 15) is 9.59 Å². The lowest BCUT2D eigenvalue weighted by Gasteiger charge is -2.31. The summed E-state index contributed by atoms with van der Waals surface area (Å²) in [5.74, 6) is 6.46. The number of fused-ring (bicyclic) bond motifs is 1. The molecule has 0 amide bonds. The molecule has 2 N–H and O–H groups in total. The molecule has 1 fully saturated rings. The minimum absolute atomic E-state index is 0.0215. The highest BCUT2D eigenvalue weighted by atomic mass is 16.2. The van der Waals surface area contributed by atoms with Crippen LogP contribution in [0.3, 0.4) is 0 Å². The Hall–Kier alpha value is -3.89. The van der Waals surface area contributed by atoms with Crippen LogP contribution in [0.2, 0.25) is 0 Å². The van der Waals surface area contributed by atoms with E-state index in [2.05, 4.69) is 26.7 Å². The maximum Gasteiger partial charge on any atom is 0.332 e. The first-order valence-corrected chi connectivity index (χ1v) is 10.4. The van der Waals surface area contributed by atoms with Gasteiger partial charge in [0.1, 0.15) is 11.8 Å². The number of aryl methyl sites for hydroxylation is 1. The van der Waals surface area contributed by atoms with Crippen LogP contribution < -0.4 is 21.9 Å². The Kier molecular flexibility index (Phi) is 5.80. The van der Waals surface area contributed by atoms with Gasteiger partial charge in [0.15, 0.2) is 11.2 Å². The number of nitriles is 1. The largest absolute Gasteiger partial charge is 0.341 e. The van der Waals surface area contributed by atoms with Crippen LogP contribution in [0.4, 0.5) is 5.95 Å². The first kappa shape index (κ1) is 21.3. The lowest BCUT2D eigenvalue weighted by Crippen LogP contribution is -2.44. The van der Waals surface area contributed by atoms with E-state index in [0.29, 0.717) is 29.4 Å². The molecule has 1 aliphatic rings. The Bertz CT molecular complexity index is 1400. The average molecular weight is 432 g/mol. The quantitative estimate of drug-likeness (QED) is 0.582. The molecule has 32 heavy (non-hydrogen) atoms. The maximum absolute atomic E-state index is 13.5. The van der Waals surface area contributed by atoms with Crippen molar-refractivity contribution in [3.63, 3.8) is 0 Å². The zero-order chi connectivity index (χ0) is 22.8. The summed E-state index contributed by atoms with van der Waals surface area (Å²) in [6.07, 6.45) is 1.86. The predicted molar refractivity (Wildman–Crippen MR) is 120 cm³/mol. The smallest absolute Gasteiger partial charge is 0.332 e. The van der Waals surface area contributed by atoms with Gasteiger partial charge in [-0.2, -0.15) is 10.2 Å². The first-order valence-electron chi connectivity index (χ1n) is 10.4. The fraction of sp³-hybridized carbons (Fsp3) is 0.409. The lowest BCUT2D eigenvalue weighted by molar-refractivity contribution is 0.496. The van der Waals surface area contributed by atoms with Gasteiger partial charge in [0.25, 0.3) is 5.56 Å². The monoisotopic (exact) mass is 432 g/mol. The Morgan fingerprint density at radius 1 is 1.25 bits per heavy atom. The summed E-state index contributed by atoms with van der Waals surface area (Å²) in [6.45, 7) is 3.34. The van der Waals surface area contributed by atoms with Gasteiger partial charge in [0.05, 0.1) is 18.8 Å². The SMILES string of the molecule is CC#CCn1c(N2CCC[C@@H](N)C2)nc2c1c(=O)n(Cc1cccc(C#N)n1)c(=O)n2C. The maximum atomic E-state index is 13.5. The molecule has 10 heteroatoms. The van der Waals surface area contributed by atoms with Gasteiger partial charge in [-0.1, -0.05) is 12.0 Å². The van der Waals surface area contributed by atoms with E-state index in [1.807, 2.05) is 6.07 Å². The molecular weight excluding hydrogens is 408 g/mol. The van der Waals surface area contributed by atoms with Gasteiger partial charge in [-0.15, -0.1) is 5.92 Å². The molecule has 3 aromatic heterocycles. The number of anilines is 1. The molecular formula is C22H24N8O2. The summed E-state index contributed by atoms with van der Waals surface area (Å²) in [4.78, 5) is 37.5. The third kappa shape index (κ3) is 3.77. The van der Waals surface area contributed by atoms with Crippen molar-refractivity contribution in [3.8, 4) is 17.9 Å². The van der Waals surface area contributed by atoms with E-state index in [0.717, 1.165) is 24.0 Å². The first-order chi connectivity index (χ1) is 15.4. The molecule has 0 radical (unpaired) electrons. The zero-order valence-electron chi connectivity index (χ0n) is 18.1. The molecule has 0 aliphatic carbocycles. The minimum atomic E-state index is -0.500. The second kappa shape index (κ2) is 8.69. The van der Waals surface area contributed by atoms with Crippen LogP contribution in [0.25, 0.3) is 11.2 Å².